The maximum atomic E-state index is 5.96. The first-order valence-corrected chi connectivity index (χ1v) is 5.44. The average molecular weight is 254 g/mol. The Morgan fingerprint density at radius 1 is 1.29 bits per heavy atom. The van der Waals surface area contributed by atoms with Crippen molar-refractivity contribution >= 4 is 34.8 Å². The molecule has 0 fully saturated rings. The van der Waals surface area contributed by atoms with Gasteiger partial charge in [-0.1, -0.05) is 29.3 Å². The second-order valence-corrected chi connectivity index (χ2v) is 4.60. The fraction of sp³-hybridized carbons (Fsp3) is 0.400. The maximum Gasteiger partial charge on any atom is 0.140 e. The highest BCUT2D eigenvalue weighted by Crippen LogP contribution is 2.33. The monoisotopic (exact) mass is 252 g/mol. The molecule has 0 atom stereocenters. The van der Waals surface area contributed by atoms with Gasteiger partial charge in [0.05, 0.1) is 10.9 Å². The number of alkyl halides is 1. The van der Waals surface area contributed by atoms with Crippen molar-refractivity contribution in [1.82, 2.24) is 0 Å². The van der Waals surface area contributed by atoms with Gasteiger partial charge in [0, 0.05) is 0 Å². The zero-order chi connectivity index (χ0) is 10.8. The van der Waals surface area contributed by atoms with Crippen LogP contribution in [-0.4, -0.2) is 11.5 Å². The summed E-state index contributed by atoms with van der Waals surface area (Å²) in [5.41, 5.74) is -0.449. The average Bonchev–Trinajstić information content (AvgIpc) is 2.13. The van der Waals surface area contributed by atoms with Crippen LogP contribution in [-0.2, 0) is 0 Å². The summed E-state index contributed by atoms with van der Waals surface area (Å²) in [6, 6.07) is 5.26. The Kier molecular flexibility index (Phi) is 3.94. The highest BCUT2D eigenvalue weighted by molar-refractivity contribution is 6.42. The molecule has 0 saturated carbocycles. The first kappa shape index (κ1) is 12.0. The number of ether oxygens (including phenoxy) is 1. The zero-order valence-electron chi connectivity index (χ0n) is 7.98. The van der Waals surface area contributed by atoms with Crippen LogP contribution < -0.4 is 4.74 Å². The zero-order valence-corrected chi connectivity index (χ0v) is 10.2. The first-order chi connectivity index (χ1) is 6.46. The molecule has 0 saturated heterocycles. The minimum absolute atomic E-state index is 0.385. The van der Waals surface area contributed by atoms with Crippen LogP contribution >= 0.6 is 34.8 Å². The lowest BCUT2D eigenvalue weighted by molar-refractivity contribution is 0.134. The Hall–Kier alpha value is -0.110. The van der Waals surface area contributed by atoms with Crippen molar-refractivity contribution in [3.05, 3.63) is 28.2 Å². The summed E-state index contributed by atoms with van der Waals surface area (Å²) < 4.78 is 5.61. The first-order valence-electron chi connectivity index (χ1n) is 4.15. The lowest BCUT2D eigenvalue weighted by Gasteiger charge is -2.24. The van der Waals surface area contributed by atoms with Crippen LogP contribution in [0.25, 0.3) is 0 Å². The van der Waals surface area contributed by atoms with Gasteiger partial charge in [-0.15, -0.1) is 11.6 Å². The number of benzene rings is 1. The predicted octanol–water partition coefficient (Wildman–Crippen LogP) is 4.39. The minimum Gasteiger partial charge on any atom is -0.485 e. The Morgan fingerprint density at radius 3 is 2.50 bits per heavy atom. The summed E-state index contributed by atoms with van der Waals surface area (Å²) in [7, 11) is 0. The third-order valence-corrected chi connectivity index (χ3v) is 3.07. The SMILES string of the molecule is CC(C)(CCl)Oc1cccc(Cl)c1Cl. The smallest absolute Gasteiger partial charge is 0.140 e. The highest BCUT2D eigenvalue weighted by atomic mass is 35.5. The van der Waals surface area contributed by atoms with E-state index in [0.717, 1.165) is 0 Å². The van der Waals surface area contributed by atoms with Crippen molar-refractivity contribution < 1.29 is 4.74 Å². The standard InChI is InChI=1S/C10H11Cl3O/c1-10(2,6-11)14-8-5-3-4-7(12)9(8)13/h3-5H,6H2,1-2H3. The van der Waals surface area contributed by atoms with Gasteiger partial charge >= 0.3 is 0 Å². The van der Waals surface area contributed by atoms with Crippen molar-refractivity contribution in [2.45, 2.75) is 19.4 Å². The molecule has 1 nitrogen and oxygen atoms in total. The van der Waals surface area contributed by atoms with E-state index in [-0.39, 0.29) is 0 Å². The van der Waals surface area contributed by atoms with E-state index in [1.165, 1.54) is 0 Å². The lowest BCUT2D eigenvalue weighted by Crippen LogP contribution is -2.30. The van der Waals surface area contributed by atoms with E-state index < -0.39 is 5.60 Å². The predicted molar refractivity (Wildman–Crippen MR) is 61.9 cm³/mol. The topological polar surface area (TPSA) is 9.23 Å². The Morgan fingerprint density at radius 2 is 1.93 bits per heavy atom. The van der Waals surface area contributed by atoms with Gasteiger partial charge in [0.25, 0.3) is 0 Å². The molecule has 0 spiro atoms. The van der Waals surface area contributed by atoms with Gasteiger partial charge in [-0.3, -0.25) is 0 Å². The lowest BCUT2D eigenvalue weighted by atomic mass is 10.2. The quantitative estimate of drug-likeness (QED) is 0.726. The molecule has 0 heterocycles. The van der Waals surface area contributed by atoms with E-state index in [9.17, 15) is 0 Å². The molecule has 0 aliphatic rings. The normalized spacial score (nSPS) is 11.5. The summed E-state index contributed by atoms with van der Waals surface area (Å²) in [5.74, 6) is 0.945. The van der Waals surface area contributed by atoms with E-state index in [4.69, 9.17) is 39.5 Å². The van der Waals surface area contributed by atoms with E-state index >= 15 is 0 Å². The van der Waals surface area contributed by atoms with Crippen molar-refractivity contribution in [3.63, 3.8) is 0 Å². The van der Waals surface area contributed by atoms with Gasteiger partial charge in [0.1, 0.15) is 16.4 Å². The van der Waals surface area contributed by atoms with Gasteiger partial charge in [-0.2, -0.15) is 0 Å². The molecule has 78 valence electrons. The molecule has 0 amide bonds. The van der Waals surface area contributed by atoms with Crippen molar-refractivity contribution in [2.75, 3.05) is 5.88 Å². The van der Waals surface area contributed by atoms with Gasteiger partial charge < -0.3 is 4.74 Å². The molecule has 0 N–H and O–H groups in total. The number of halogens is 3. The molecular formula is C10H11Cl3O. The molecule has 0 unspecified atom stereocenters. The van der Waals surface area contributed by atoms with Crippen LogP contribution in [0.3, 0.4) is 0 Å². The van der Waals surface area contributed by atoms with E-state index in [1.54, 1.807) is 18.2 Å². The van der Waals surface area contributed by atoms with Crippen molar-refractivity contribution in [1.29, 1.82) is 0 Å². The van der Waals surface area contributed by atoms with Crippen molar-refractivity contribution in [2.24, 2.45) is 0 Å². The second-order valence-electron chi connectivity index (χ2n) is 3.55. The van der Waals surface area contributed by atoms with Crippen LogP contribution in [0, 0.1) is 0 Å². The fourth-order valence-electron chi connectivity index (χ4n) is 0.888. The molecule has 0 aliphatic heterocycles. The Balaban J connectivity index is 2.92. The maximum absolute atomic E-state index is 5.96. The number of hydrogen-bond acceptors (Lipinski definition) is 1. The van der Waals surface area contributed by atoms with Gasteiger partial charge in [-0.05, 0) is 26.0 Å². The molecule has 14 heavy (non-hydrogen) atoms. The minimum atomic E-state index is -0.449. The molecule has 0 bridgehead atoms. The Bertz CT molecular complexity index is 323. The summed E-state index contributed by atoms with van der Waals surface area (Å²) in [5, 5.41) is 0.905. The molecule has 0 aliphatic carbocycles. The summed E-state index contributed by atoms with van der Waals surface area (Å²) in [6.07, 6.45) is 0. The highest BCUT2D eigenvalue weighted by Gasteiger charge is 2.20. The Labute approximate surface area is 98.9 Å². The van der Waals surface area contributed by atoms with E-state index in [1.807, 2.05) is 13.8 Å². The van der Waals surface area contributed by atoms with Crippen LogP contribution in [0.5, 0.6) is 5.75 Å². The number of hydrogen-bond donors (Lipinski definition) is 0. The van der Waals surface area contributed by atoms with Crippen LogP contribution in [0.15, 0.2) is 18.2 Å². The van der Waals surface area contributed by atoms with Crippen LogP contribution in [0.4, 0.5) is 0 Å². The summed E-state index contributed by atoms with van der Waals surface area (Å²) in [4.78, 5) is 0. The van der Waals surface area contributed by atoms with Gasteiger partial charge in [-0.25, -0.2) is 0 Å². The molecule has 1 rings (SSSR count). The van der Waals surface area contributed by atoms with Crippen LogP contribution in [0.1, 0.15) is 13.8 Å². The second kappa shape index (κ2) is 4.61. The fourth-order valence-corrected chi connectivity index (χ4v) is 1.27. The molecule has 0 radical (unpaired) electrons. The summed E-state index contributed by atoms with van der Waals surface area (Å²) >= 11 is 17.5. The molecule has 1 aromatic rings. The largest absolute Gasteiger partial charge is 0.485 e. The van der Waals surface area contributed by atoms with Crippen LogP contribution in [0.2, 0.25) is 10.0 Å². The molecule has 1 aromatic carbocycles. The van der Waals surface area contributed by atoms with E-state index in [0.29, 0.717) is 21.7 Å². The van der Waals surface area contributed by atoms with Gasteiger partial charge in [0.2, 0.25) is 0 Å². The van der Waals surface area contributed by atoms with Crippen molar-refractivity contribution in [3.8, 4) is 5.75 Å². The molecular weight excluding hydrogens is 242 g/mol. The van der Waals surface area contributed by atoms with Gasteiger partial charge in [0.15, 0.2) is 0 Å². The van der Waals surface area contributed by atoms with E-state index in [2.05, 4.69) is 0 Å². The number of rotatable bonds is 3. The third kappa shape index (κ3) is 2.94. The summed E-state index contributed by atoms with van der Waals surface area (Å²) in [6.45, 7) is 3.77. The third-order valence-electron chi connectivity index (χ3n) is 1.62. The molecule has 0 aromatic heterocycles. The molecule has 4 heteroatoms.